The van der Waals surface area contributed by atoms with E-state index in [4.69, 9.17) is 0 Å². The Bertz CT molecular complexity index is 1090. The monoisotopic (exact) mass is 486 g/mol. The van der Waals surface area contributed by atoms with Crippen molar-refractivity contribution in [3.8, 4) is 0 Å². The molecule has 2 N–H and O–H groups in total. The first-order valence-electron chi connectivity index (χ1n) is 10.6. The van der Waals surface area contributed by atoms with E-state index in [2.05, 4.69) is 20.6 Å². The normalized spacial score (nSPS) is 23.5. The minimum atomic E-state index is -1.37. The van der Waals surface area contributed by atoms with Crippen molar-refractivity contribution in [3.05, 3.63) is 71.8 Å². The SMILES string of the molecule is CCC1(c2ccccc2)C(=O)NC(=O)N=C1[O-].CCC1(c2ccccc2)C(=O)NC(=O)N=C1[O-].[Mg+2]. The molecule has 2 aromatic rings. The fraction of sp³-hybridized carbons (Fsp3) is 0.250. The molecule has 0 saturated heterocycles. The number of hydrogen-bond acceptors (Lipinski definition) is 6. The fourth-order valence-electron chi connectivity index (χ4n) is 4.02. The molecule has 4 rings (SSSR count). The zero-order valence-corrected chi connectivity index (χ0v) is 20.7. The third kappa shape index (κ3) is 4.96. The summed E-state index contributed by atoms with van der Waals surface area (Å²) in [6, 6.07) is 15.5. The molecule has 2 heterocycles. The minimum Gasteiger partial charge on any atom is -0.861 e. The Balaban J connectivity index is 0.000000240. The Labute approximate surface area is 217 Å². The molecule has 0 aliphatic carbocycles. The standard InChI is InChI=1S/2C12H12N2O3.Mg/c2*1-2-12(8-6-4-3-5-7-8)9(15)13-11(17)14-10(12)16;/h2*3-7H,2H2,1H3,(H2,13,14,15,16,17);/q;;+2/p-2. The summed E-state index contributed by atoms with van der Waals surface area (Å²) in [6.07, 6.45) is 0.525. The largest absolute Gasteiger partial charge is 2.00 e. The van der Waals surface area contributed by atoms with Gasteiger partial charge in [-0.25, -0.2) is 19.6 Å². The summed E-state index contributed by atoms with van der Waals surface area (Å²) in [5.41, 5.74) is -1.62. The van der Waals surface area contributed by atoms with Crippen LogP contribution in [-0.4, -0.2) is 58.7 Å². The van der Waals surface area contributed by atoms with Crippen molar-refractivity contribution < 1.29 is 29.4 Å². The number of hydrogen-bond donors (Lipinski definition) is 2. The topological polar surface area (TPSA) is 163 Å². The minimum absolute atomic E-state index is 0. The Hall–Kier alpha value is -3.57. The molecule has 2 aliphatic heterocycles. The van der Waals surface area contributed by atoms with Crippen molar-refractivity contribution in [1.82, 2.24) is 10.6 Å². The van der Waals surface area contributed by atoms with E-state index in [-0.39, 0.29) is 35.9 Å². The maximum Gasteiger partial charge on any atom is 2.00 e. The Morgan fingerprint density at radius 2 is 0.971 bits per heavy atom. The Kier molecular flexibility index (Phi) is 8.88. The van der Waals surface area contributed by atoms with Gasteiger partial charge in [-0.1, -0.05) is 74.5 Å². The molecule has 0 spiro atoms. The van der Waals surface area contributed by atoms with Gasteiger partial charge >= 0.3 is 35.1 Å². The van der Waals surface area contributed by atoms with Gasteiger partial charge in [0.2, 0.25) is 11.8 Å². The molecule has 0 saturated carbocycles. The van der Waals surface area contributed by atoms with Gasteiger partial charge < -0.3 is 10.2 Å². The van der Waals surface area contributed by atoms with Crippen LogP contribution >= 0.6 is 0 Å². The molecule has 35 heavy (non-hydrogen) atoms. The number of carbonyl (C=O) groups excluding carboxylic acids is 4. The van der Waals surface area contributed by atoms with Crippen LogP contribution in [0.5, 0.6) is 0 Å². The number of aliphatic imine (C=N–C) groups is 2. The van der Waals surface area contributed by atoms with Gasteiger partial charge in [0.1, 0.15) is 10.8 Å². The van der Waals surface area contributed by atoms with Gasteiger partial charge in [0.05, 0.1) is 0 Å². The zero-order chi connectivity index (χ0) is 24.9. The van der Waals surface area contributed by atoms with Crippen LogP contribution in [0.2, 0.25) is 0 Å². The van der Waals surface area contributed by atoms with Crippen LogP contribution in [0.4, 0.5) is 9.59 Å². The van der Waals surface area contributed by atoms with E-state index in [9.17, 15) is 29.4 Å². The molecule has 6 amide bonds. The Morgan fingerprint density at radius 3 is 1.23 bits per heavy atom. The molecule has 2 aliphatic rings. The average Bonchev–Trinajstić information content (AvgIpc) is 2.81. The molecule has 0 fully saturated rings. The maximum absolute atomic E-state index is 12.0. The number of rotatable bonds is 4. The fourth-order valence-corrected chi connectivity index (χ4v) is 4.02. The van der Waals surface area contributed by atoms with Crippen LogP contribution in [-0.2, 0) is 20.4 Å². The number of imide groups is 2. The average molecular weight is 487 g/mol. The van der Waals surface area contributed by atoms with E-state index in [0.29, 0.717) is 11.1 Å². The summed E-state index contributed by atoms with van der Waals surface area (Å²) in [5, 5.41) is 28.0. The van der Waals surface area contributed by atoms with E-state index >= 15 is 0 Å². The predicted molar refractivity (Wildman–Crippen MR) is 125 cm³/mol. The molecule has 0 aromatic heterocycles. The molecular weight excluding hydrogens is 465 g/mol. The number of nitrogens with one attached hydrogen (secondary N) is 2. The van der Waals surface area contributed by atoms with E-state index in [0.717, 1.165) is 0 Å². The van der Waals surface area contributed by atoms with Crippen LogP contribution in [0.15, 0.2) is 70.6 Å². The number of benzene rings is 2. The summed E-state index contributed by atoms with van der Waals surface area (Å²) >= 11 is 0. The molecule has 2 aromatic carbocycles. The van der Waals surface area contributed by atoms with E-state index in [1.807, 2.05) is 0 Å². The zero-order valence-electron chi connectivity index (χ0n) is 19.2. The molecule has 0 radical (unpaired) electrons. The van der Waals surface area contributed by atoms with Crippen LogP contribution in [0, 0.1) is 0 Å². The van der Waals surface area contributed by atoms with Gasteiger partial charge in [-0.3, -0.25) is 20.2 Å². The predicted octanol–water partition coefficient (Wildman–Crippen LogP) is 0.305. The third-order valence-corrected chi connectivity index (χ3v) is 5.95. The molecule has 2 unspecified atom stereocenters. The second-order valence-corrected chi connectivity index (χ2v) is 7.60. The first-order valence-corrected chi connectivity index (χ1v) is 10.6. The van der Waals surface area contributed by atoms with Crippen molar-refractivity contribution >= 4 is 58.7 Å². The van der Waals surface area contributed by atoms with E-state index in [1.54, 1.807) is 74.5 Å². The molecule has 176 valence electrons. The molecule has 0 bridgehead atoms. The first kappa shape index (κ1) is 27.7. The van der Waals surface area contributed by atoms with Crippen molar-refractivity contribution in [3.63, 3.8) is 0 Å². The quantitative estimate of drug-likeness (QED) is 0.590. The second-order valence-electron chi connectivity index (χ2n) is 7.60. The van der Waals surface area contributed by atoms with Crippen molar-refractivity contribution in [2.24, 2.45) is 9.98 Å². The number of carbonyl (C=O) groups is 4. The first-order chi connectivity index (χ1) is 16.2. The summed E-state index contributed by atoms with van der Waals surface area (Å²) in [5.74, 6) is -2.59. The number of amides is 6. The smallest absolute Gasteiger partial charge is 0.861 e. The van der Waals surface area contributed by atoms with E-state index in [1.165, 1.54) is 0 Å². The van der Waals surface area contributed by atoms with Gasteiger partial charge in [-0.05, 0) is 35.8 Å². The van der Waals surface area contributed by atoms with E-state index < -0.39 is 46.5 Å². The van der Waals surface area contributed by atoms with Gasteiger partial charge in [0.15, 0.2) is 0 Å². The summed E-state index contributed by atoms with van der Waals surface area (Å²) in [6.45, 7) is 3.44. The molecule has 11 heteroatoms. The van der Waals surface area contributed by atoms with Gasteiger partial charge in [0.25, 0.3) is 0 Å². The molecule has 2 atom stereocenters. The number of urea groups is 2. The van der Waals surface area contributed by atoms with Gasteiger partial charge in [-0.2, -0.15) is 0 Å². The van der Waals surface area contributed by atoms with Crippen molar-refractivity contribution in [2.45, 2.75) is 37.5 Å². The van der Waals surface area contributed by atoms with Crippen LogP contribution in [0.3, 0.4) is 0 Å². The van der Waals surface area contributed by atoms with Crippen LogP contribution in [0.25, 0.3) is 0 Å². The second kappa shape index (κ2) is 11.2. The van der Waals surface area contributed by atoms with Crippen LogP contribution in [0.1, 0.15) is 37.8 Å². The van der Waals surface area contributed by atoms with Gasteiger partial charge in [-0.15, -0.1) is 0 Å². The number of nitrogens with zero attached hydrogens (tertiary/aromatic N) is 2. The third-order valence-electron chi connectivity index (χ3n) is 5.95. The van der Waals surface area contributed by atoms with Crippen LogP contribution < -0.4 is 20.8 Å². The maximum atomic E-state index is 12.0. The summed E-state index contributed by atoms with van der Waals surface area (Å²) < 4.78 is 0. The van der Waals surface area contributed by atoms with Gasteiger partial charge in [0, 0.05) is 0 Å². The van der Waals surface area contributed by atoms with Crippen molar-refractivity contribution in [2.75, 3.05) is 0 Å². The van der Waals surface area contributed by atoms with Crippen molar-refractivity contribution in [1.29, 1.82) is 0 Å². The molecular formula is C24H22MgN4O6. The molecule has 10 nitrogen and oxygen atoms in total. The Morgan fingerprint density at radius 1 is 0.657 bits per heavy atom. The summed E-state index contributed by atoms with van der Waals surface area (Å²) in [4.78, 5) is 52.6. The summed E-state index contributed by atoms with van der Waals surface area (Å²) in [7, 11) is 0.